The average molecular weight is 518 g/mol. The summed E-state index contributed by atoms with van der Waals surface area (Å²) in [6.45, 7) is 3.11. The fourth-order valence-corrected chi connectivity index (χ4v) is 4.18. The number of urea groups is 1. The van der Waals surface area contributed by atoms with Crippen LogP contribution in [0.4, 0.5) is 33.9 Å². The quantitative estimate of drug-likeness (QED) is 0.542. The molecule has 0 spiro atoms. The van der Waals surface area contributed by atoms with Gasteiger partial charge in [-0.2, -0.15) is 13.2 Å². The number of aryl methyl sites for hydroxylation is 1. The van der Waals surface area contributed by atoms with Crippen LogP contribution in [0.25, 0.3) is 0 Å². The Morgan fingerprint density at radius 3 is 2.51 bits per heavy atom. The van der Waals surface area contributed by atoms with Crippen LogP contribution in [0.3, 0.4) is 0 Å². The first-order valence-electron chi connectivity index (χ1n) is 11.0. The summed E-state index contributed by atoms with van der Waals surface area (Å²) in [5.74, 6) is -0.380. The number of anilines is 2. The first kappa shape index (κ1) is 26.6. The van der Waals surface area contributed by atoms with Crippen molar-refractivity contribution in [2.75, 3.05) is 35.3 Å². The molecule has 3 rings (SSSR count). The number of hydrogen-bond acceptors (Lipinski definition) is 6. The number of aromatic nitrogens is 2. The lowest BCUT2D eigenvalue weighted by atomic mass is 9.99. The lowest BCUT2D eigenvalue weighted by molar-refractivity contribution is -0.141. The molecule has 2 aromatic heterocycles. The molecule has 13 heteroatoms. The van der Waals surface area contributed by atoms with E-state index in [1.54, 1.807) is 4.90 Å². The zero-order valence-electron chi connectivity index (χ0n) is 19.3. The van der Waals surface area contributed by atoms with Gasteiger partial charge in [0.05, 0.1) is 23.3 Å². The minimum Gasteiger partial charge on any atom is -0.356 e. The van der Waals surface area contributed by atoms with Crippen LogP contribution in [0.1, 0.15) is 36.7 Å². The highest BCUT2D eigenvalue weighted by atomic mass is 32.2. The van der Waals surface area contributed by atoms with Crippen molar-refractivity contribution in [2.45, 2.75) is 38.9 Å². The fraction of sp³-hybridized carbons (Fsp3) is 0.500. The lowest BCUT2D eigenvalue weighted by Gasteiger charge is -2.33. The Morgan fingerprint density at radius 2 is 1.91 bits per heavy atom. The summed E-state index contributed by atoms with van der Waals surface area (Å²) in [6.07, 6.45) is -0.815. The minimum atomic E-state index is -4.59. The number of pyridine rings is 2. The molecule has 0 radical (unpaired) electrons. The van der Waals surface area contributed by atoms with E-state index < -0.39 is 33.6 Å². The molecule has 1 saturated heterocycles. The molecule has 192 valence electrons. The van der Waals surface area contributed by atoms with Gasteiger partial charge in [-0.05, 0) is 24.8 Å². The van der Waals surface area contributed by atoms with Gasteiger partial charge in [-0.3, -0.25) is 4.98 Å². The number of alkyl halides is 3. The topological polar surface area (TPSA) is 104 Å². The Balaban J connectivity index is 1.67. The maximum Gasteiger partial charge on any atom is 0.433 e. The summed E-state index contributed by atoms with van der Waals surface area (Å²) >= 11 is 0. The van der Waals surface area contributed by atoms with E-state index in [1.165, 1.54) is 12.3 Å². The van der Waals surface area contributed by atoms with Gasteiger partial charge in [0, 0.05) is 43.9 Å². The fourth-order valence-electron chi connectivity index (χ4n) is 3.62. The third-order valence-corrected chi connectivity index (χ3v) is 6.60. The molecule has 35 heavy (non-hydrogen) atoms. The first-order chi connectivity index (χ1) is 16.3. The second-order valence-electron chi connectivity index (χ2n) is 8.69. The standard InChI is InChI=1S/C22H27F4N5O3S/c1-14-5-8-31(9-6-14)20-15(3-4-19(30-20)22(24,25)26)12-28-21(32)29-16-11-17(23)18(27-13-16)7-10-35(2,33)34/h3-4,11,13-14H,5-10,12H2,1-2H3,(H2,28,29,32). The van der Waals surface area contributed by atoms with E-state index in [9.17, 15) is 30.8 Å². The number of piperidine rings is 1. The normalized spacial score (nSPS) is 15.2. The van der Waals surface area contributed by atoms with Crippen molar-refractivity contribution in [3.8, 4) is 0 Å². The smallest absolute Gasteiger partial charge is 0.356 e. The molecular weight excluding hydrogens is 490 g/mol. The molecule has 8 nitrogen and oxygen atoms in total. The van der Waals surface area contributed by atoms with Crippen molar-refractivity contribution >= 4 is 27.4 Å². The molecule has 0 aromatic carbocycles. The second-order valence-corrected chi connectivity index (χ2v) is 10.9. The molecule has 3 heterocycles. The van der Waals surface area contributed by atoms with Gasteiger partial charge in [-0.25, -0.2) is 22.6 Å². The summed E-state index contributed by atoms with van der Waals surface area (Å²) < 4.78 is 76.4. The number of carbonyl (C=O) groups is 1. The van der Waals surface area contributed by atoms with Crippen LogP contribution in [0.2, 0.25) is 0 Å². The van der Waals surface area contributed by atoms with Crippen LogP contribution in [-0.4, -0.2) is 49.5 Å². The predicted octanol–water partition coefficient (Wildman–Crippen LogP) is 3.78. The first-order valence-corrected chi connectivity index (χ1v) is 13.1. The van der Waals surface area contributed by atoms with Crippen LogP contribution in [0.5, 0.6) is 0 Å². The van der Waals surface area contributed by atoms with E-state index in [-0.39, 0.29) is 35.9 Å². The van der Waals surface area contributed by atoms with E-state index in [2.05, 4.69) is 27.5 Å². The summed E-state index contributed by atoms with van der Waals surface area (Å²) in [6, 6.07) is 2.47. The minimum absolute atomic E-state index is 0.0406. The van der Waals surface area contributed by atoms with Crippen LogP contribution >= 0.6 is 0 Å². The summed E-state index contributed by atoms with van der Waals surface area (Å²) in [5.41, 5.74) is -0.587. The van der Waals surface area contributed by atoms with Gasteiger partial charge < -0.3 is 15.5 Å². The monoisotopic (exact) mass is 517 g/mol. The summed E-state index contributed by atoms with van der Waals surface area (Å²) in [5, 5.41) is 4.95. The summed E-state index contributed by atoms with van der Waals surface area (Å²) in [4.78, 5) is 21.8. The highest BCUT2D eigenvalue weighted by Gasteiger charge is 2.34. The Kier molecular flexibility index (Phi) is 8.18. The van der Waals surface area contributed by atoms with E-state index in [4.69, 9.17) is 0 Å². The van der Waals surface area contributed by atoms with Gasteiger partial charge in [0.25, 0.3) is 0 Å². The van der Waals surface area contributed by atoms with Gasteiger partial charge in [0.2, 0.25) is 0 Å². The molecule has 0 saturated carbocycles. The van der Waals surface area contributed by atoms with E-state index in [0.717, 1.165) is 31.2 Å². The number of hydrogen-bond donors (Lipinski definition) is 2. The molecule has 0 aliphatic carbocycles. The molecule has 1 aliphatic rings. The van der Waals surface area contributed by atoms with Crippen LogP contribution in [0.15, 0.2) is 24.4 Å². The highest BCUT2D eigenvalue weighted by Crippen LogP contribution is 2.32. The van der Waals surface area contributed by atoms with Crippen molar-refractivity contribution in [3.63, 3.8) is 0 Å². The largest absolute Gasteiger partial charge is 0.433 e. The van der Waals surface area contributed by atoms with Crippen molar-refractivity contribution in [1.29, 1.82) is 0 Å². The summed E-state index contributed by atoms with van der Waals surface area (Å²) in [7, 11) is -3.28. The Bertz CT molecular complexity index is 1170. The van der Waals surface area contributed by atoms with Gasteiger partial charge in [-0.15, -0.1) is 0 Å². The third kappa shape index (κ3) is 7.77. The molecule has 1 fully saturated rings. The van der Waals surface area contributed by atoms with Gasteiger partial charge in [0.15, 0.2) is 0 Å². The average Bonchev–Trinajstić information content (AvgIpc) is 2.76. The number of amides is 2. The molecule has 0 unspecified atom stereocenters. The Labute approximate surface area is 201 Å². The molecule has 2 N–H and O–H groups in total. The van der Waals surface area contributed by atoms with Crippen molar-refractivity contribution < 1.29 is 30.8 Å². The molecular formula is C22H27F4N5O3S. The number of rotatable bonds is 7. The SMILES string of the molecule is CC1CCN(c2nc(C(F)(F)F)ccc2CNC(=O)Nc2cnc(CCS(C)(=O)=O)c(F)c2)CC1. The number of nitrogens with one attached hydrogen (secondary N) is 2. The van der Waals surface area contributed by atoms with Gasteiger partial charge in [0.1, 0.15) is 27.2 Å². The van der Waals surface area contributed by atoms with Crippen LogP contribution in [-0.2, 0) is 29.0 Å². The maximum absolute atomic E-state index is 14.2. The molecule has 1 aliphatic heterocycles. The zero-order chi connectivity index (χ0) is 25.8. The van der Waals surface area contributed by atoms with Crippen molar-refractivity contribution in [3.05, 3.63) is 47.2 Å². The molecule has 2 amide bonds. The number of halogens is 4. The number of nitrogens with zero attached hydrogens (tertiary/aromatic N) is 3. The van der Waals surface area contributed by atoms with Crippen molar-refractivity contribution in [1.82, 2.24) is 15.3 Å². The third-order valence-electron chi connectivity index (χ3n) is 5.65. The van der Waals surface area contributed by atoms with E-state index in [0.29, 0.717) is 24.6 Å². The number of sulfone groups is 1. The van der Waals surface area contributed by atoms with E-state index in [1.807, 2.05) is 0 Å². The lowest BCUT2D eigenvalue weighted by Crippen LogP contribution is -2.35. The molecule has 2 aromatic rings. The van der Waals surface area contributed by atoms with Crippen LogP contribution in [0, 0.1) is 11.7 Å². The zero-order valence-corrected chi connectivity index (χ0v) is 20.1. The Morgan fingerprint density at radius 1 is 1.23 bits per heavy atom. The maximum atomic E-state index is 14.2. The second kappa shape index (κ2) is 10.8. The molecule has 0 atom stereocenters. The van der Waals surface area contributed by atoms with Crippen LogP contribution < -0.4 is 15.5 Å². The number of carbonyl (C=O) groups excluding carboxylic acids is 1. The predicted molar refractivity (Wildman–Crippen MR) is 123 cm³/mol. The van der Waals surface area contributed by atoms with Gasteiger partial charge >= 0.3 is 12.2 Å². The molecule has 0 bridgehead atoms. The van der Waals surface area contributed by atoms with Gasteiger partial charge in [-0.1, -0.05) is 13.0 Å². The van der Waals surface area contributed by atoms with Crippen molar-refractivity contribution in [2.24, 2.45) is 5.92 Å². The van der Waals surface area contributed by atoms with E-state index >= 15 is 0 Å². The highest BCUT2D eigenvalue weighted by molar-refractivity contribution is 7.90. The Hall–Kier alpha value is -2.96.